The Labute approximate surface area is 127 Å². The average Bonchev–Trinajstić information content (AvgIpc) is 3.18. The molecule has 1 heterocycles. The summed E-state index contributed by atoms with van der Waals surface area (Å²) in [7, 11) is 0. The molecule has 22 heavy (non-hydrogen) atoms. The van der Waals surface area contributed by atoms with Gasteiger partial charge < -0.3 is 4.98 Å². The highest BCUT2D eigenvalue weighted by atomic mass is 19.3. The molecule has 1 aliphatic rings. The lowest BCUT2D eigenvalue weighted by molar-refractivity contribution is -0.0214. The van der Waals surface area contributed by atoms with Crippen LogP contribution in [0.2, 0.25) is 0 Å². The second kappa shape index (κ2) is 5.78. The third-order valence-corrected chi connectivity index (χ3v) is 4.54. The number of unbranched alkanes of at least 4 members (excludes halogenated alkanes) is 1. The number of H-pyrrole nitrogens is 1. The number of nitrogens with one attached hydrogen (secondary N) is 1. The molecule has 0 amide bonds. The van der Waals surface area contributed by atoms with E-state index < -0.39 is 17.2 Å². The molecule has 3 rings (SSSR count). The molecule has 3 nitrogen and oxygen atoms in total. The minimum atomic E-state index is -3.17. The number of alkyl halides is 2. The molecule has 2 atom stereocenters. The Morgan fingerprint density at radius 3 is 2.77 bits per heavy atom. The highest BCUT2D eigenvalue weighted by Crippen LogP contribution is 2.42. The third-order valence-electron chi connectivity index (χ3n) is 4.54. The summed E-state index contributed by atoms with van der Waals surface area (Å²) in [6.45, 7) is 2.19. The number of benzene rings is 1. The van der Waals surface area contributed by atoms with Gasteiger partial charge in [-0.25, -0.2) is 4.98 Å². The van der Waals surface area contributed by atoms with Gasteiger partial charge in [-0.05, 0) is 36.8 Å². The molecule has 5 heteroatoms. The molecule has 1 fully saturated rings. The minimum absolute atomic E-state index is 0.317. The van der Waals surface area contributed by atoms with Crippen molar-refractivity contribution in [2.24, 2.45) is 11.8 Å². The predicted molar refractivity (Wildman–Crippen MR) is 82.0 cm³/mol. The van der Waals surface area contributed by atoms with Gasteiger partial charge in [-0.1, -0.05) is 31.9 Å². The van der Waals surface area contributed by atoms with Crippen LogP contribution in [0.25, 0.3) is 11.0 Å². The van der Waals surface area contributed by atoms with Crippen molar-refractivity contribution in [2.75, 3.05) is 0 Å². The number of hydrogen-bond donors (Lipinski definition) is 1. The Hall–Kier alpha value is -1.78. The summed E-state index contributed by atoms with van der Waals surface area (Å²) in [6.07, 6.45) is 3.13. The Morgan fingerprint density at radius 2 is 2.05 bits per heavy atom. The Morgan fingerprint density at radius 1 is 1.32 bits per heavy atom. The van der Waals surface area contributed by atoms with E-state index in [9.17, 15) is 13.6 Å². The maximum atomic E-state index is 14.3. The average molecular weight is 306 g/mol. The second-order valence-electron chi connectivity index (χ2n) is 6.35. The summed E-state index contributed by atoms with van der Waals surface area (Å²) >= 11 is 0. The minimum Gasteiger partial charge on any atom is -0.319 e. The van der Waals surface area contributed by atoms with Gasteiger partial charge in [-0.3, -0.25) is 4.79 Å². The molecule has 0 radical (unpaired) electrons. The van der Waals surface area contributed by atoms with Crippen molar-refractivity contribution in [1.82, 2.24) is 9.97 Å². The van der Waals surface area contributed by atoms with Crippen molar-refractivity contribution in [3.63, 3.8) is 0 Å². The van der Waals surface area contributed by atoms with Gasteiger partial charge in [0.1, 0.15) is 0 Å². The van der Waals surface area contributed by atoms with Crippen molar-refractivity contribution < 1.29 is 8.78 Å². The number of rotatable bonds is 6. The number of hydrogen-bond acceptors (Lipinski definition) is 2. The van der Waals surface area contributed by atoms with Crippen molar-refractivity contribution in [1.29, 1.82) is 0 Å². The van der Waals surface area contributed by atoms with Crippen LogP contribution in [0.4, 0.5) is 8.78 Å². The highest BCUT2D eigenvalue weighted by molar-refractivity contribution is 5.73. The van der Waals surface area contributed by atoms with E-state index in [2.05, 4.69) is 16.9 Å². The zero-order valence-electron chi connectivity index (χ0n) is 12.6. The van der Waals surface area contributed by atoms with E-state index in [-0.39, 0.29) is 6.42 Å². The van der Waals surface area contributed by atoms with Crippen molar-refractivity contribution in [3.05, 3.63) is 40.3 Å². The van der Waals surface area contributed by atoms with E-state index in [0.717, 1.165) is 24.7 Å². The smallest absolute Gasteiger partial charge is 0.295 e. The fraction of sp³-hybridized carbons (Fsp3) is 0.529. The van der Waals surface area contributed by atoms with Crippen LogP contribution < -0.4 is 5.56 Å². The standard InChI is InChI=1S/C17H20F2N2O/c1-11-10-12(11)6-4-5-9-17(18,19)15-16(22)21-14-8-3-2-7-13(14)20-15/h2-3,7-8,11-12H,4-6,9-10H2,1H3,(H,21,22). The first-order valence-corrected chi connectivity index (χ1v) is 7.85. The third kappa shape index (κ3) is 3.18. The monoisotopic (exact) mass is 306 g/mol. The van der Waals surface area contributed by atoms with Crippen molar-refractivity contribution in [2.45, 2.75) is 45.0 Å². The maximum Gasteiger partial charge on any atom is 0.295 e. The van der Waals surface area contributed by atoms with Gasteiger partial charge in [0, 0.05) is 6.42 Å². The van der Waals surface area contributed by atoms with Gasteiger partial charge in [-0.2, -0.15) is 8.78 Å². The van der Waals surface area contributed by atoms with E-state index in [1.807, 2.05) is 0 Å². The number of nitrogens with zero attached hydrogens (tertiary/aromatic N) is 1. The van der Waals surface area contributed by atoms with E-state index in [1.54, 1.807) is 24.3 Å². The van der Waals surface area contributed by atoms with Gasteiger partial charge in [0.05, 0.1) is 11.0 Å². The molecule has 0 aliphatic heterocycles. The number of para-hydroxylation sites is 2. The van der Waals surface area contributed by atoms with Crippen LogP contribution in [0.5, 0.6) is 0 Å². The molecule has 1 aromatic carbocycles. The summed E-state index contributed by atoms with van der Waals surface area (Å²) in [4.78, 5) is 18.3. The molecule has 1 saturated carbocycles. The van der Waals surface area contributed by atoms with Gasteiger partial charge in [0.15, 0.2) is 5.69 Å². The van der Waals surface area contributed by atoms with Gasteiger partial charge in [0.2, 0.25) is 0 Å². The normalized spacial score (nSPS) is 21.2. The van der Waals surface area contributed by atoms with Crippen LogP contribution in [0, 0.1) is 11.8 Å². The van der Waals surface area contributed by atoms with Crippen LogP contribution in [-0.2, 0) is 5.92 Å². The van der Waals surface area contributed by atoms with Crippen LogP contribution in [0.3, 0.4) is 0 Å². The molecule has 0 saturated heterocycles. The molecule has 118 valence electrons. The Kier molecular flexibility index (Phi) is 3.98. The first-order chi connectivity index (χ1) is 10.5. The topological polar surface area (TPSA) is 45.8 Å². The second-order valence-corrected chi connectivity index (χ2v) is 6.35. The molecule has 0 bridgehead atoms. The zero-order valence-corrected chi connectivity index (χ0v) is 12.6. The fourth-order valence-corrected chi connectivity index (χ4v) is 2.95. The molecule has 2 aromatic rings. The van der Waals surface area contributed by atoms with Crippen LogP contribution in [0.15, 0.2) is 29.1 Å². The van der Waals surface area contributed by atoms with Crippen LogP contribution >= 0.6 is 0 Å². The summed E-state index contributed by atoms with van der Waals surface area (Å²) in [5.74, 6) is -1.70. The maximum absolute atomic E-state index is 14.3. The van der Waals surface area contributed by atoms with Crippen molar-refractivity contribution >= 4 is 11.0 Å². The molecule has 0 spiro atoms. The van der Waals surface area contributed by atoms with Gasteiger partial charge >= 0.3 is 0 Å². The number of fused-ring (bicyclic) bond motifs is 1. The van der Waals surface area contributed by atoms with Crippen LogP contribution in [-0.4, -0.2) is 9.97 Å². The number of aromatic amines is 1. The molecule has 1 aliphatic carbocycles. The largest absolute Gasteiger partial charge is 0.319 e. The summed E-state index contributed by atoms with van der Waals surface area (Å²) in [6, 6.07) is 6.73. The lowest BCUT2D eigenvalue weighted by Gasteiger charge is -2.15. The Bertz CT molecular complexity index is 726. The van der Waals surface area contributed by atoms with E-state index in [0.29, 0.717) is 17.5 Å². The molecule has 1 aromatic heterocycles. The fourth-order valence-electron chi connectivity index (χ4n) is 2.95. The number of halogens is 2. The van der Waals surface area contributed by atoms with E-state index in [1.165, 1.54) is 6.42 Å². The molecule has 1 N–H and O–H groups in total. The number of aromatic nitrogens is 2. The van der Waals surface area contributed by atoms with Crippen molar-refractivity contribution in [3.8, 4) is 0 Å². The van der Waals surface area contributed by atoms with Gasteiger partial charge in [-0.15, -0.1) is 0 Å². The molecular weight excluding hydrogens is 286 g/mol. The van der Waals surface area contributed by atoms with E-state index in [4.69, 9.17) is 0 Å². The predicted octanol–water partition coefficient (Wildman–Crippen LogP) is 4.23. The van der Waals surface area contributed by atoms with E-state index >= 15 is 0 Å². The lowest BCUT2D eigenvalue weighted by atomic mass is 10.0. The SMILES string of the molecule is CC1CC1CCCCC(F)(F)c1nc2ccccc2[nH]c1=O. The molecule has 2 unspecified atom stereocenters. The zero-order chi connectivity index (χ0) is 15.7. The van der Waals surface area contributed by atoms with Crippen LogP contribution in [0.1, 0.15) is 44.7 Å². The summed E-state index contributed by atoms with van der Waals surface area (Å²) < 4.78 is 28.6. The lowest BCUT2D eigenvalue weighted by Crippen LogP contribution is -2.27. The van der Waals surface area contributed by atoms with Gasteiger partial charge in [0.25, 0.3) is 11.5 Å². The molecular formula is C17H20F2N2O. The Balaban J connectivity index is 1.70. The quantitative estimate of drug-likeness (QED) is 0.812. The summed E-state index contributed by atoms with van der Waals surface area (Å²) in [5, 5.41) is 0. The first-order valence-electron chi connectivity index (χ1n) is 7.85. The summed E-state index contributed by atoms with van der Waals surface area (Å²) in [5.41, 5.74) is -0.580. The first kappa shape index (κ1) is 15.1. The highest BCUT2D eigenvalue weighted by Gasteiger charge is 2.36.